The number of rotatable bonds is 1. The van der Waals surface area contributed by atoms with E-state index in [2.05, 4.69) is 4.98 Å². The Kier molecular flexibility index (Phi) is 2.65. The van der Waals surface area contributed by atoms with Gasteiger partial charge in [0, 0.05) is 18.2 Å². The highest BCUT2D eigenvalue weighted by Crippen LogP contribution is 2.42. The first-order valence-corrected chi connectivity index (χ1v) is 6.00. The van der Waals surface area contributed by atoms with Crippen LogP contribution >= 0.6 is 0 Å². The number of H-pyrrole nitrogens is 1. The zero-order valence-corrected chi connectivity index (χ0v) is 9.94. The van der Waals surface area contributed by atoms with Crippen molar-refractivity contribution < 1.29 is 20.1 Å². The molecule has 8 nitrogen and oxygen atoms in total. The van der Waals surface area contributed by atoms with Crippen LogP contribution in [0.4, 0.5) is 0 Å². The predicted molar refractivity (Wildman–Crippen MR) is 61.6 cm³/mol. The molecule has 0 bridgehead atoms. The summed E-state index contributed by atoms with van der Waals surface area (Å²) < 4.78 is 6.69. The van der Waals surface area contributed by atoms with E-state index in [0.29, 0.717) is 12.1 Å². The second-order valence-corrected chi connectivity index (χ2v) is 4.88. The lowest BCUT2D eigenvalue weighted by Gasteiger charge is -2.29. The molecular weight excluding hydrogens is 256 g/mol. The maximum atomic E-state index is 11.9. The van der Waals surface area contributed by atoms with E-state index in [-0.39, 0.29) is 6.42 Å². The molecule has 2 aliphatic heterocycles. The Labute approximate surface area is 106 Å². The Balaban J connectivity index is 2.17. The smallest absolute Gasteiger partial charge is 0.330 e. The maximum absolute atomic E-state index is 11.9. The number of ether oxygens (including phenoxy) is 1. The van der Waals surface area contributed by atoms with Crippen molar-refractivity contribution in [1.82, 2.24) is 9.55 Å². The average molecular weight is 270 g/mol. The van der Waals surface area contributed by atoms with Gasteiger partial charge < -0.3 is 20.1 Å². The number of hydrogen-bond acceptors (Lipinski definition) is 6. The van der Waals surface area contributed by atoms with Crippen LogP contribution < -0.4 is 11.2 Å². The molecule has 1 saturated heterocycles. The zero-order chi connectivity index (χ0) is 13.8. The summed E-state index contributed by atoms with van der Waals surface area (Å²) in [5.41, 5.74) is -2.17. The molecular formula is C11H14N2O6. The molecule has 1 fully saturated rings. The Morgan fingerprint density at radius 3 is 2.84 bits per heavy atom. The number of fused-ring (bicyclic) bond motifs is 2. The van der Waals surface area contributed by atoms with Gasteiger partial charge in [0.15, 0.2) is 5.72 Å². The minimum atomic E-state index is -1.41. The van der Waals surface area contributed by atoms with Gasteiger partial charge in [-0.05, 0) is 6.42 Å². The number of nitrogens with one attached hydrogen (secondary N) is 1. The molecule has 2 unspecified atom stereocenters. The van der Waals surface area contributed by atoms with E-state index in [1.165, 1.54) is 6.07 Å². The van der Waals surface area contributed by atoms with Crippen LogP contribution in [0.25, 0.3) is 0 Å². The lowest BCUT2D eigenvalue weighted by atomic mass is 10.0. The standard InChI is InChI=1S/C11H14N2O6/c14-4-6-8(16)9(17)11(19-6)2-1-5-3-7(15)12-10(18)13(5)11/h3,6,8-9,14,16-17H,1-2,4H2,(H,12,15,18)/t6-,8?,9?,11-/m1/s1. The molecule has 0 radical (unpaired) electrons. The van der Waals surface area contributed by atoms with Crippen molar-refractivity contribution in [2.75, 3.05) is 6.61 Å². The van der Waals surface area contributed by atoms with Crippen LogP contribution in [0, 0.1) is 0 Å². The fourth-order valence-electron chi connectivity index (χ4n) is 2.97. The topological polar surface area (TPSA) is 125 Å². The van der Waals surface area contributed by atoms with Gasteiger partial charge >= 0.3 is 5.69 Å². The number of aromatic amines is 1. The van der Waals surface area contributed by atoms with E-state index in [9.17, 15) is 19.8 Å². The molecule has 19 heavy (non-hydrogen) atoms. The fraction of sp³-hybridized carbons (Fsp3) is 0.636. The molecule has 0 amide bonds. The van der Waals surface area contributed by atoms with E-state index in [0.717, 1.165) is 4.57 Å². The van der Waals surface area contributed by atoms with Crippen LogP contribution in [0.2, 0.25) is 0 Å². The summed E-state index contributed by atoms with van der Waals surface area (Å²) in [5, 5.41) is 29.1. The van der Waals surface area contributed by atoms with E-state index < -0.39 is 41.9 Å². The van der Waals surface area contributed by atoms with E-state index in [1.807, 2.05) is 0 Å². The quantitative estimate of drug-likeness (QED) is 0.438. The third-order valence-electron chi connectivity index (χ3n) is 3.84. The lowest BCUT2D eigenvalue weighted by molar-refractivity contribution is -0.144. The van der Waals surface area contributed by atoms with Crippen LogP contribution in [0.3, 0.4) is 0 Å². The number of aliphatic hydroxyl groups is 3. The van der Waals surface area contributed by atoms with Crippen molar-refractivity contribution >= 4 is 0 Å². The number of aromatic nitrogens is 2. The van der Waals surface area contributed by atoms with Gasteiger partial charge in [-0.1, -0.05) is 0 Å². The number of aliphatic hydroxyl groups excluding tert-OH is 3. The van der Waals surface area contributed by atoms with Gasteiger partial charge in [-0.3, -0.25) is 14.3 Å². The van der Waals surface area contributed by atoms with Gasteiger partial charge in [0.05, 0.1) is 6.61 Å². The molecule has 104 valence electrons. The summed E-state index contributed by atoms with van der Waals surface area (Å²) in [6, 6.07) is 1.27. The van der Waals surface area contributed by atoms with Crippen molar-refractivity contribution in [3.63, 3.8) is 0 Å². The molecule has 0 aliphatic carbocycles. The first kappa shape index (κ1) is 12.5. The average Bonchev–Trinajstić information content (AvgIpc) is 2.84. The summed E-state index contributed by atoms with van der Waals surface area (Å²) in [6.45, 7) is -0.465. The summed E-state index contributed by atoms with van der Waals surface area (Å²) >= 11 is 0. The van der Waals surface area contributed by atoms with E-state index in [1.54, 1.807) is 0 Å². The van der Waals surface area contributed by atoms with Crippen molar-refractivity contribution in [1.29, 1.82) is 0 Å². The number of nitrogens with zero attached hydrogens (tertiary/aromatic N) is 1. The Hall–Kier alpha value is -1.48. The monoisotopic (exact) mass is 270 g/mol. The first-order chi connectivity index (χ1) is 8.99. The molecule has 3 rings (SSSR count). The zero-order valence-electron chi connectivity index (χ0n) is 9.94. The summed E-state index contributed by atoms with van der Waals surface area (Å²) in [6.07, 6.45) is -2.95. The number of aryl methyl sites for hydroxylation is 1. The van der Waals surface area contributed by atoms with Crippen LogP contribution in [0.5, 0.6) is 0 Å². The molecule has 0 aromatic carbocycles. The highest BCUT2D eigenvalue weighted by atomic mass is 16.6. The van der Waals surface area contributed by atoms with E-state index in [4.69, 9.17) is 9.84 Å². The molecule has 3 heterocycles. The van der Waals surface area contributed by atoms with Crippen molar-refractivity contribution in [3.05, 3.63) is 32.6 Å². The van der Waals surface area contributed by atoms with Gasteiger partial charge in [0.1, 0.15) is 18.3 Å². The third kappa shape index (κ3) is 1.54. The highest BCUT2D eigenvalue weighted by Gasteiger charge is 2.58. The minimum Gasteiger partial charge on any atom is -0.394 e. The Bertz CT molecular complexity index is 622. The second kappa shape index (κ2) is 4.01. The predicted octanol–water partition coefficient (Wildman–Crippen LogP) is -2.75. The molecule has 8 heteroatoms. The lowest BCUT2D eigenvalue weighted by Crippen LogP contribution is -2.49. The van der Waals surface area contributed by atoms with Gasteiger partial charge in [-0.15, -0.1) is 0 Å². The molecule has 1 aromatic heterocycles. The molecule has 4 atom stereocenters. The van der Waals surface area contributed by atoms with Crippen molar-refractivity contribution in [2.45, 2.75) is 36.9 Å². The van der Waals surface area contributed by atoms with Crippen LogP contribution in [0.15, 0.2) is 15.7 Å². The second-order valence-electron chi connectivity index (χ2n) is 4.88. The van der Waals surface area contributed by atoms with Crippen molar-refractivity contribution in [3.8, 4) is 0 Å². The third-order valence-corrected chi connectivity index (χ3v) is 3.84. The fourth-order valence-corrected chi connectivity index (χ4v) is 2.97. The minimum absolute atomic E-state index is 0.258. The molecule has 4 N–H and O–H groups in total. The largest absolute Gasteiger partial charge is 0.394 e. The Morgan fingerprint density at radius 2 is 2.21 bits per heavy atom. The summed E-state index contributed by atoms with van der Waals surface area (Å²) in [7, 11) is 0. The maximum Gasteiger partial charge on any atom is 0.330 e. The van der Waals surface area contributed by atoms with Crippen LogP contribution in [-0.2, 0) is 16.9 Å². The van der Waals surface area contributed by atoms with E-state index >= 15 is 0 Å². The SMILES string of the molecule is O=c1cc2n(c(=O)[nH]1)[C@]1(CC2)O[C@H](CO)C(O)C1O. The molecule has 2 aliphatic rings. The van der Waals surface area contributed by atoms with Crippen LogP contribution in [-0.4, -0.2) is 49.8 Å². The summed E-state index contributed by atoms with van der Waals surface area (Å²) in [5.74, 6) is 0. The Morgan fingerprint density at radius 1 is 1.47 bits per heavy atom. The van der Waals surface area contributed by atoms with Crippen molar-refractivity contribution in [2.24, 2.45) is 0 Å². The number of hydrogen-bond donors (Lipinski definition) is 4. The molecule has 1 aromatic rings. The van der Waals surface area contributed by atoms with Crippen LogP contribution in [0.1, 0.15) is 12.1 Å². The molecule has 1 spiro atoms. The molecule has 0 saturated carbocycles. The van der Waals surface area contributed by atoms with Gasteiger partial charge in [-0.2, -0.15) is 0 Å². The first-order valence-electron chi connectivity index (χ1n) is 6.00. The van der Waals surface area contributed by atoms with Gasteiger partial charge in [-0.25, -0.2) is 4.79 Å². The highest BCUT2D eigenvalue weighted by molar-refractivity contribution is 5.15. The van der Waals surface area contributed by atoms with Gasteiger partial charge in [0.2, 0.25) is 0 Å². The van der Waals surface area contributed by atoms with Gasteiger partial charge in [0.25, 0.3) is 5.56 Å². The normalized spacial score (nSPS) is 36.9. The summed E-state index contributed by atoms with van der Waals surface area (Å²) in [4.78, 5) is 25.3.